The van der Waals surface area contributed by atoms with Gasteiger partial charge >= 0.3 is 11.9 Å². The van der Waals surface area contributed by atoms with Crippen molar-refractivity contribution in [3.05, 3.63) is 0 Å². The predicted molar refractivity (Wildman–Crippen MR) is 209 cm³/mol. The van der Waals surface area contributed by atoms with E-state index in [0.717, 1.165) is 70.8 Å². The highest BCUT2D eigenvalue weighted by Gasteiger charge is 2.16. The van der Waals surface area contributed by atoms with E-state index in [0.29, 0.717) is 31.9 Å². The molecule has 0 fully saturated rings. The van der Waals surface area contributed by atoms with Crippen molar-refractivity contribution < 1.29 is 24.2 Å². The van der Waals surface area contributed by atoms with Crippen LogP contribution in [0.5, 0.6) is 0 Å². The molecule has 0 bridgehead atoms. The fourth-order valence-electron chi connectivity index (χ4n) is 6.93. The Hall–Kier alpha value is -1.14. The van der Waals surface area contributed by atoms with Crippen LogP contribution in [0.25, 0.3) is 0 Å². The number of carbonyl (C=O) groups excluding carboxylic acids is 2. The Bertz CT molecular complexity index is 686. The zero-order chi connectivity index (χ0) is 36.0. The van der Waals surface area contributed by atoms with Crippen molar-refractivity contribution in [1.82, 2.24) is 4.90 Å². The second kappa shape index (κ2) is 38.1. The molecule has 0 saturated carbocycles. The van der Waals surface area contributed by atoms with Crippen LogP contribution < -0.4 is 0 Å². The van der Waals surface area contributed by atoms with E-state index >= 15 is 0 Å². The van der Waals surface area contributed by atoms with Crippen LogP contribution in [0.15, 0.2) is 0 Å². The Morgan fingerprint density at radius 1 is 0.531 bits per heavy atom. The van der Waals surface area contributed by atoms with Gasteiger partial charge in [-0.15, -0.1) is 0 Å². The average molecular weight is 696 g/mol. The molecule has 0 aliphatic carbocycles. The summed E-state index contributed by atoms with van der Waals surface area (Å²) in [6.07, 6.45) is 35.7. The van der Waals surface area contributed by atoms with Gasteiger partial charge in [0.15, 0.2) is 0 Å². The van der Waals surface area contributed by atoms with Gasteiger partial charge in [-0.3, -0.25) is 9.59 Å². The maximum atomic E-state index is 12.8. The van der Waals surface area contributed by atoms with Gasteiger partial charge in [0.2, 0.25) is 0 Å². The van der Waals surface area contributed by atoms with E-state index in [-0.39, 0.29) is 24.6 Å². The minimum atomic E-state index is -0.0631. The van der Waals surface area contributed by atoms with Gasteiger partial charge < -0.3 is 19.5 Å². The topological polar surface area (TPSA) is 76.1 Å². The van der Waals surface area contributed by atoms with Crippen molar-refractivity contribution in [2.24, 2.45) is 5.92 Å². The first kappa shape index (κ1) is 47.9. The Morgan fingerprint density at radius 2 is 0.959 bits per heavy atom. The molecule has 0 rings (SSSR count). The van der Waals surface area contributed by atoms with Crippen molar-refractivity contribution in [2.45, 2.75) is 226 Å². The normalized spacial score (nSPS) is 12.2. The molecule has 0 amide bonds. The first-order valence-corrected chi connectivity index (χ1v) is 21.6. The molecule has 49 heavy (non-hydrogen) atoms. The highest BCUT2D eigenvalue weighted by atomic mass is 16.5. The lowest BCUT2D eigenvalue weighted by Gasteiger charge is -2.23. The predicted octanol–water partition coefficient (Wildman–Crippen LogP) is 12.1. The summed E-state index contributed by atoms with van der Waals surface area (Å²) in [6.45, 7) is 9.08. The molecule has 292 valence electrons. The van der Waals surface area contributed by atoms with Gasteiger partial charge in [0.25, 0.3) is 0 Å². The Kier molecular flexibility index (Phi) is 37.2. The van der Waals surface area contributed by atoms with Crippen LogP contribution in [0.1, 0.15) is 220 Å². The standard InChI is InChI=1S/C43H85NO5/c1-5-8-11-14-17-18-19-22-28-38-48-42(46)35-29-31-40(39-44(4)36-37-45)30-24-23-27-34-43(47)49-41(32-25-20-15-12-9-6-2)33-26-21-16-13-10-7-3/h40-41,45H,5-39H2,1-4H3. The molecule has 0 aliphatic heterocycles. The van der Waals surface area contributed by atoms with Crippen molar-refractivity contribution in [3.8, 4) is 0 Å². The van der Waals surface area contributed by atoms with Crippen LogP contribution in [0, 0.1) is 5.92 Å². The summed E-state index contributed by atoms with van der Waals surface area (Å²) in [7, 11) is 2.06. The fraction of sp³-hybridized carbons (Fsp3) is 0.953. The molecule has 0 aliphatic rings. The SMILES string of the molecule is CCCCCCCCCCCOC(=O)CCCC(CCCCCC(=O)OC(CCCCCCCC)CCCCCCCC)CN(C)CCO. The number of ether oxygens (including phenoxy) is 2. The average Bonchev–Trinajstić information content (AvgIpc) is 3.08. The van der Waals surface area contributed by atoms with Gasteiger partial charge in [-0.2, -0.15) is 0 Å². The molecule has 0 spiro atoms. The Morgan fingerprint density at radius 3 is 1.49 bits per heavy atom. The molecular formula is C43H85NO5. The van der Waals surface area contributed by atoms with Crippen LogP contribution in [-0.2, 0) is 19.1 Å². The third-order valence-corrected chi connectivity index (χ3v) is 10.1. The Labute approximate surface area is 305 Å². The lowest BCUT2D eigenvalue weighted by Crippen LogP contribution is -2.28. The van der Waals surface area contributed by atoms with Crippen molar-refractivity contribution in [1.29, 1.82) is 0 Å². The van der Waals surface area contributed by atoms with Gasteiger partial charge in [0, 0.05) is 25.9 Å². The zero-order valence-electron chi connectivity index (χ0n) is 33.4. The summed E-state index contributed by atoms with van der Waals surface area (Å²) in [5.74, 6) is 0.404. The third kappa shape index (κ3) is 35.1. The maximum absolute atomic E-state index is 12.8. The number of nitrogens with zero attached hydrogens (tertiary/aromatic N) is 1. The first-order chi connectivity index (χ1) is 24.0. The molecule has 0 radical (unpaired) electrons. The molecule has 6 heteroatoms. The number of hydrogen-bond acceptors (Lipinski definition) is 6. The summed E-state index contributed by atoms with van der Waals surface area (Å²) in [6, 6.07) is 0. The van der Waals surface area contributed by atoms with Crippen LogP contribution in [0.2, 0.25) is 0 Å². The number of carbonyl (C=O) groups is 2. The zero-order valence-corrected chi connectivity index (χ0v) is 33.4. The summed E-state index contributed by atoms with van der Waals surface area (Å²) >= 11 is 0. The number of unbranched alkanes of at least 4 members (excludes halogenated alkanes) is 20. The number of esters is 2. The molecule has 0 aromatic carbocycles. The molecular weight excluding hydrogens is 610 g/mol. The van der Waals surface area contributed by atoms with Gasteiger partial charge in [0.1, 0.15) is 6.10 Å². The van der Waals surface area contributed by atoms with E-state index in [2.05, 4.69) is 32.7 Å². The van der Waals surface area contributed by atoms with Crippen molar-refractivity contribution in [2.75, 3.05) is 33.4 Å². The van der Waals surface area contributed by atoms with Crippen LogP contribution in [0.4, 0.5) is 0 Å². The monoisotopic (exact) mass is 696 g/mol. The number of rotatable bonds is 39. The first-order valence-electron chi connectivity index (χ1n) is 21.6. The minimum absolute atomic E-state index is 0.0119. The second-order valence-corrected chi connectivity index (χ2v) is 15.1. The van der Waals surface area contributed by atoms with Crippen LogP contribution in [-0.4, -0.2) is 61.4 Å². The van der Waals surface area contributed by atoms with Gasteiger partial charge in [-0.1, -0.05) is 149 Å². The van der Waals surface area contributed by atoms with Crippen molar-refractivity contribution in [3.63, 3.8) is 0 Å². The lowest BCUT2D eigenvalue weighted by molar-refractivity contribution is -0.150. The summed E-state index contributed by atoms with van der Waals surface area (Å²) in [5.41, 5.74) is 0. The quantitative estimate of drug-likeness (QED) is 0.0509. The number of aliphatic hydroxyl groups is 1. The summed E-state index contributed by atoms with van der Waals surface area (Å²) in [5, 5.41) is 9.39. The number of likely N-dealkylation sites (N-methyl/N-ethyl adjacent to an activating group) is 1. The van der Waals surface area contributed by atoms with E-state index in [1.807, 2.05) is 0 Å². The van der Waals surface area contributed by atoms with E-state index in [4.69, 9.17) is 9.47 Å². The molecule has 0 aromatic heterocycles. The van der Waals surface area contributed by atoms with E-state index < -0.39 is 0 Å². The maximum Gasteiger partial charge on any atom is 0.306 e. The number of hydrogen-bond donors (Lipinski definition) is 1. The largest absolute Gasteiger partial charge is 0.466 e. The van der Waals surface area contributed by atoms with Gasteiger partial charge in [0.05, 0.1) is 13.2 Å². The third-order valence-electron chi connectivity index (χ3n) is 10.1. The molecule has 0 heterocycles. The number of aliphatic hydroxyl groups excluding tert-OH is 1. The summed E-state index contributed by atoms with van der Waals surface area (Å²) in [4.78, 5) is 27.3. The molecule has 6 nitrogen and oxygen atoms in total. The Balaban J connectivity index is 4.36. The van der Waals surface area contributed by atoms with E-state index in [1.54, 1.807) is 0 Å². The van der Waals surface area contributed by atoms with Gasteiger partial charge in [-0.05, 0) is 70.8 Å². The molecule has 1 atom stereocenters. The fourth-order valence-corrected chi connectivity index (χ4v) is 6.93. The van der Waals surface area contributed by atoms with E-state index in [9.17, 15) is 14.7 Å². The van der Waals surface area contributed by atoms with Crippen LogP contribution in [0.3, 0.4) is 0 Å². The summed E-state index contributed by atoms with van der Waals surface area (Å²) < 4.78 is 11.6. The highest BCUT2D eigenvalue weighted by molar-refractivity contribution is 5.69. The minimum Gasteiger partial charge on any atom is -0.466 e. The second-order valence-electron chi connectivity index (χ2n) is 15.1. The van der Waals surface area contributed by atoms with E-state index in [1.165, 1.54) is 122 Å². The molecule has 1 N–H and O–H groups in total. The van der Waals surface area contributed by atoms with Crippen molar-refractivity contribution >= 4 is 11.9 Å². The molecule has 1 unspecified atom stereocenters. The smallest absolute Gasteiger partial charge is 0.306 e. The van der Waals surface area contributed by atoms with Gasteiger partial charge in [-0.25, -0.2) is 0 Å². The molecule has 0 aromatic rings. The van der Waals surface area contributed by atoms with Crippen LogP contribution >= 0.6 is 0 Å². The highest BCUT2D eigenvalue weighted by Crippen LogP contribution is 2.21. The lowest BCUT2D eigenvalue weighted by atomic mass is 9.94. The molecule has 0 saturated heterocycles.